The zero-order chi connectivity index (χ0) is 18.6. The number of anilines is 1. The fourth-order valence-corrected chi connectivity index (χ4v) is 4.83. The number of halogens is 2. The summed E-state index contributed by atoms with van der Waals surface area (Å²) in [7, 11) is -3.70. The first kappa shape index (κ1) is 19.2. The molecule has 0 N–H and O–H groups in total. The molecule has 0 spiro atoms. The maximum atomic E-state index is 13.0. The molecular weight excluding hydrogens is 454 g/mol. The monoisotopic (exact) mass is 467 g/mol. The second-order valence-electron chi connectivity index (χ2n) is 5.52. The molecule has 2 aromatic carbocycles. The molecule has 1 aromatic heterocycles. The van der Waals surface area contributed by atoms with E-state index in [2.05, 4.69) is 15.9 Å². The van der Waals surface area contributed by atoms with Crippen molar-refractivity contribution in [2.24, 2.45) is 0 Å². The Labute approximate surface area is 170 Å². The Bertz CT molecular complexity index is 1020. The fourth-order valence-electron chi connectivity index (χ4n) is 2.36. The summed E-state index contributed by atoms with van der Waals surface area (Å²) in [5.41, 5.74) is 2.25. The predicted molar refractivity (Wildman–Crippen MR) is 114 cm³/mol. The van der Waals surface area contributed by atoms with Gasteiger partial charge in [0.25, 0.3) is 10.0 Å². The van der Waals surface area contributed by atoms with E-state index in [0.717, 1.165) is 15.6 Å². The highest BCUT2D eigenvalue weighted by atomic mass is 79.9. The van der Waals surface area contributed by atoms with Crippen LogP contribution in [-0.4, -0.2) is 8.42 Å². The largest absolute Gasteiger partial charge is 0.262 e. The van der Waals surface area contributed by atoms with E-state index in [4.69, 9.17) is 11.6 Å². The average Bonchev–Trinajstić information content (AvgIpc) is 3.11. The summed E-state index contributed by atoms with van der Waals surface area (Å²) in [5.74, 6) is 0. The third kappa shape index (κ3) is 4.98. The predicted octanol–water partition coefficient (Wildman–Crippen LogP) is 6.17. The van der Waals surface area contributed by atoms with Gasteiger partial charge < -0.3 is 0 Å². The smallest absolute Gasteiger partial charge is 0.257 e. The van der Waals surface area contributed by atoms with Crippen LogP contribution >= 0.6 is 38.9 Å². The first-order valence-corrected chi connectivity index (χ1v) is 11.3. The molecule has 0 unspecified atom stereocenters. The van der Waals surface area contributed by atoms with Crippen LogP contribution in [0.1, 0.15) is 11.1 Å². The lowest BCUT2D eigenvalue weighted by molar-refractivity contribution is 0.599. The van der Waals surface area contributed by atoms with Crippen LogP contribution < -0.4 is 4.31 Å². The van der Waals surface area contributed by atoms with E-state index in [1.807, 2.05) is 41.1 Å². The standard InChI is InChI=1S/C19H15BrClNO2S2/c20-17-4-1-3-15(11-17)8-10-26(23,24)22(13-16-7-9-25-14-16)19-6-2-5-18(21)12-19/h1-12,14H,13H2. The van der Waals surface area contributed by atoms with E-state index >= 15 is 0 Å². The summed E-state index contributed by atoms with van der Waals surface area (Å²) < 4.78 is 28.3. The van der Waals surface area contributed by atoms with Crippen molar-refractivity contribution in [3.8, 4) is 0 Å². The number of thiophene rings is 1. The average molecular weight is 469 g/mol. The van der Waals surface area contributed by atoms with Gasteiger partial charge in [-0.15, -0.1) is 0 Å². The van der Waals surface area contributed by atoms with Crippen molar-refractivity contribution in [1.82, 2.24) is 0 Å². The number of nitrogens with zero attached hydrogens (tertiary/aromatic N) is 1. The van der Waals surface area contributed by atoms with E-state index in [0.29, 0.717) is 10.7 Å². The van der Waals surface area contributed by atoms with Gasteiger partial charge >= 0.3 is 0 Å². The minimum Gasteiger partial charge on any atom is -0.262 e. The third-order valence-electron chi connectivity index (χ3n) is 3.59. The highest BCUT2D eigenvalue weighted by molar-refractivity contribution is 9.10. The van der Waals surface area contributed by atoms with E-state index in [9.17, 15) is 8.42 Å². The van der Waals surface area contributed by atoms with Gasteiger partial charge in [-0.2, -0.15) is 11.3 Å². The van der Waals surface area contributed by atoms with Crippen molar-refractivity contribution >= 4 is 60.7 Å². The van der Waals surface area contributed by atoms with Crippen LogP contribution in [0.15, 0.2) is 75.2 Å². The van der Waals surface area contributed by atoms with Gasteiger partial charge in [0.15, 0.2) is 0 Å². The Morgan fingerprint density at radius 2 is 1.92 bits per heavy atom. The van der Waals surface area contributed by atoms with Gasteiger partial charge in [-0.25, -0.2) is 8.42 Å². The first-order chi connectivity index (χ1) is 12.4. The van der Waals surface area contributed by atoms with E-state index < -0.39 is 10.0 Å². The van der Waals surface area contributed by atoms with Gasteiger partial charge in [0.1, 0.15) is 0 Å². The second-order valence-corrected chi connectivity index (χ2v) is 9.40. The molecule has 0 radical (unpaired) electrons. The van der Waals surface area contributed by atoms with Gasteiger partial charge in [0, 0.05) is 9.50 Å². The summed E-state index contributed by atoms with van der Waals surface area (Å²) >= 11 is 11.0. The SMILES string of the molecule is O=S(=O)(C=Cc1cccc(Br)c1)N(Cc1ccsc1)c1cccc(Cl)c1. The van der Waals surface area contributed by atoms with Crippen LogP contribution in [0.4, 0.5) is 5.69 Å². The third-order valence-corrected chi connectivity index (χ3v) is 6.49. The lowest BCUT2D eigenvalue weighted by Crippen LogP contribution is -2.28. The number of hydrogen-bond donors (Lipinski definition) is 0. The minimum atomic E-state index is -3.70. The molecule has 134 valence electrons. The highest BCUT2D eigenvalue weighted by Gasteiger charge is 2.20. The van der Waals surface area contributed by atoms with Crippen LogP contribution in [0, 0.1) is 0 Å². The maximum absolute atomic E-state index is 13.0. The number of hydrogen-bond acceptors (Lipinski definition) is 3. The first-order valence-electron chi connectivity index (χ1n) is 7.67. The molecule has 0 saturated heterocycles. The Balaban J connectivity index is 1.96. The van der Waals surface area contributed by atoms with E-state index in [-0.39, 0.29) is 6.54 Å². The van der Waals surface area contributed by atoms with Crippen molar-refractivity contribution in [1.29, 1.82) is 0 Å². The number of benzene rings is 2. The van der Waals surface area contributed by atoms with Crippen molar-refractivity contribution in [2.45, 2.75) is 6.54 Å². The van der Waals surface area contributed by atoms with Gasteiger partial charge in [-0.1, -0.05) is 45.7 Å². The summed E-state index contributed by atoms with van der Waals surface area (Å²) in [6, 6.07) is 16.2. The normalized spacial score (nSPS) is 11.8. The molecule has 3 rings (SSSR count). The zero-order valence-corrected chi connectivity index (χ0v) is 17.5. The maximum Gasteiger partial charge on any atom is 0.257 e. The molecule has 3 nitrogen and oxygen atoms in total. The second kappa shape index (κ2) is 8.39. The molecule has 0 fully saturated rings. The highest BCUT2D eigenvalue weighted by Crippen LogP contribution is 2.26. The van der Waals surface area contributed by atoms with Crippen molar-refractivity contribution in [3.63, 3.8) is 0 Å². The Morgan fingerprint density at radius 3 is 2.62 bits per heavy atom. The van der Waals surface area contributed by atoms with Gasteiger partial charge in [0.2, 0.25) is 0 Å². The fraction of sp³-hybridized carbons (Fsp3) is 0.0526. The Hall–Kier alpha value is -1.60. The molecule has 0 aliphatic heterocycles. The lowest BCUT2D eigenvalue weighted by Gasteiger charge is -2.22. The van der Waals surface area contributed by atoms with Gasteiger partial charge in [-0.05, 0) is 64.4 Å². The van der Waals surface area contributed by atoms with Gasteiger partial charge in [0.05, 0.1) is 17.6 Å². The molecule has 0 bridgehead atoms. The zero-order valence-electron chi connectivity index (χ0n) is 13.5. The molecule has 0 atom stereocenters. The van der Waals surface area contributed by atoms with Crippen molar-refractivity contribution < 1.29 is 8.42 Å². The lowest BCUT2D eigenvalue weighted by atomic mass is 10.2. The van der Waals surface area contributed by atoms with Crippen LogP contribution in [0.5, 0.6) is 0 Å². The minimum absolute atomic E-state index is 0.245. The molecule has 0 aliphatic carbocycles. The topological polar surface area (TPSA) is 37.4 Å². The van der Waals surface area contributed by atoms with Crippen molar-refractivity contribution in [3.05, 3.63) is 91.4 Å². The summed E-state index contributed by atoms with van der Waals surface area (Å²) in [6.07, 6.45) is 1.59. The Kier molecular flexibility index (Phi) is 6.19. The van der Waals surface area contributed by atoms with E-state index in [1.54, 1.807) is 30.3 Å². The molecule has 1 heterocycles. The summed E-state index contributed by atoms with van der Waals surface area (Å²) in [6.45, 7) is 0.245. The van der Waals surface area contributed by atoms with Gasteiger partial charge in [-0.3, -0.25) is 4.31 Å². The van der Waals surface area contributed by atoms with E-state index in [1.165, 1.54) is 21.1 Å². The van der Waals surface area contributed by atoms with Crippen LogP contribution in [0.25, 0.3) is 6.08 Å². The molecule has 0 saturated carbocycles. The number of rotatable bonds is 6. The van der Waals surface area contributed by atoms with Crippen molar-refractivity contribution in [2.75, 3.05) is 4.31 Å². The molecule has 0 amide bonds. The summed E-state index contributed by atoms with van der Waals surface area (Å²) in [5, 5.41) is 5.58. The molecule has 26 heavy (non-hydrogen) atoms. The molecule has 7 heteroatoms. The molecule has 3 aromatic rings. The molecular formula is C19H15BrClNO2S2. The quantitative estimate of drug-likeness (QED) is 0.434. The van der Waals surface area contributed by atoms with Crippen LogP contribution in [0.3, 0.4) is 0 Å². The molecule has 0 aliphatic rings. The van der Waals surface area contributed by atoms with Crippen LogP contribution in [0.2, 0.25) is 5.02 Å². The summed E-state index contributed by atoms with van der Waals surface area (Å²) in [4.78, 5) is 0. The number of sulfonamides is 1. The van der Waals surface area contributed by atoms with Crippen LogP contribution in [-0.2, 0) is 16.6 Å². The Morgan fingerprint density at radius 1 is 1.12 bits per heavy atom.